The highest BCUT2D eigenvalue weighted by Gasteiger charge is 2.34. The van der Waals surface area contributed by atoms with Crippen molar-refractivity contribution in [3.8, 4) is 0 Å². The van der Waals surface area contributed by atoms with Crippen LogP contribution in [0.25, 0.3) is 11.0 Å². The van der Waals surface area contributed by atoms with Crippen molar-refractivity contribution >= 4 is 11.0 Å². The van der Waals surface area contributed by atoms with E-state index in [0.29, 0.717) is 11.9 Å². The Morgan fingerprint density at radius 2 is 2.13 bits per heavy atom. The monoisotopic (exact) mass is 216 g/mol. The number of alkyl halides is 3. The molecule has 4 nitrogen and oxygen atoms in total. The molecule has 0 aliphatic rings. The lowest BCUT2D eigenvalue weighted by molar-refractivity contribution is -0.144. The number of aromatic nitrogens is 4. The van der Waals surface area contributed by atoms with Gasteiger partial charge in [-0.25, -0.2) is 9.97 Å². The number of hydrogen-bond acceptors (Lipinski definition) is 3. The Kier molecular flexibility index (Phi) is 2.09. The minimum atomic E-state index is -4.52. The molecule has 0 fully saturated rings. The molecule has 2 rings (SSSR count). The molecule has 0 aliphatic carbocycles. The maximum Gasteiger partial charge on any atom is 0.451 e. The van der Waals surface area contributed by atoms with Gasteiger partial charge in [0.15, 0.2) is 5.65 Å². The topological polar surface area (TPSA) is 43.6 Å². The zero-order valence-electron chi connectivity index (χ0n) is 7.78. The molecule has 15 heavy (non-hydrogen) atoms. The van der Waals surface area contributed by atoms with Crippen molar-refractivity contribution in [3.05, 3.63) is 18.2 Å². The lowest BCUT2D eigenvalue weighted by atomic mass is 10.4. The molecule has 0 aliphatic heterocycles. The van der Waals surface area contributed by atoms with E-state index in [9.17, 15) is 13.2 Å². The van der Waals surface area contributed by atoms with Crippen molar-refractivity contribution in [2.24, 2.45) is 0 Å². The Hall–Kier alpha value is -1.66. The van der Waals surface area contributed by atoms with Crippen LogP contribution in [0.3, 0.4) is 0 Å². The summed E-state index contributed by atoms with van der Waals surface area (Å²) in [4.78, 5) is 6.58. The van der Waals surface area contributed by atoms with E-state index in [1.807, 2.05) is 6.92 Å². The molecule has 0 atom stereocenters. The molecule has 0 unspecified atom stereocenters. The van der Waals surface area contributed by atoms with Crippen molar-refractivity contribution in [2.75, 3.05) is 0 Å². The van der Waals surface area contributed by atoms with E-state index in [2.05, 4.69) is 15.1 Å². The lowest BCUT2D eigenvalue weighted by Crippen LogP contribution is -2.10. The van der Waals surface area contributed by atoms with Gasteiger partial charge in [-0.2, -0.15) is 18.3 Å². The highest BCUT2D eigenvalue weighted by atomic mass is 19.4. The SMILES string of the molecule is CCn1cc2cnc(C(F)(F)F)nc2n1. The molecular formula is C8H7F3N4. The van der Waals surface area contributed by atoms with E-state index in [1.54, 1.807) is 6.20 Å². The number of fused-ring (bicyclic) bond motifs is 1. The third-order valence-electron chi connectivity index (χ3n) is 1.88. The maximum atomic E-state index is 12.2. The largest absolute Gasteiger partial charge is 0.451 e. The van der Waals surface area contributed by atoms with Crippen LogP contribution < -0.4 is 0 Å². The van der Waals surface area contributed by atoms with Crippen LogP contribution in [0.15, 0.2) is 12.4 Å². The minimum Gasteiger partial charge on any atom is -0.270 e. The van der Waals surface area contributed by atoms with E-state index < -0.39 is 12.0 Å². The van der Waals surface area contributed by atoms with Gasteiger partial charge in [0.05, 0.1) is 5.39 Å². The van der Waals surface area contributed by atoms with Gasteiger partial charge in [0, 0.05) is 18.9 Å². The zero-order chi connectivity index (χ0) is 11.1. The molecule has 2 heterocycles. The minimum absolute atomic E-state index is 0.0687. The second-order valence-electron chi connectivity index (χ2n) is 2.96. The third-order valence-corrected chi connectivity index (χ3v) is 1.88. The first kappa shape index (κ1) is 9.88. The van der Waals surface area contributed by atoms with Crippen LogP contribution in [0.2, 0.25) is 0 Å². The fourth-order valence-electron chi connectivity index (χ4n) is 1.16. The first-order chi connectivity index (χ1) is 7.00. The molecule has 0 N–H and O–H groups in total. The summed E-state index contributed by atoms with van der Waals surface area (Å²) in [5, 5.41) is 4.38. The van der Waals surface area contributed by atoms with Crippen LogP contribution in [0.5, 0.6) is 0 Å². The van der Waals surface area contributed by atoms with Gasteiger partial charge in [0.1, 0.15) is 0 Å². The van der Waals surface area contributed by atoms with Gasteiger partial charge in [-0.05, 0) is 6.92 Å². The number of rotatable bonds is 1. The zero-order valence-corrected chi connectivity index (χ0v) is 7.78. The van der Waals surface area contributed by atoms with Gasteiger partial charge in [-0.15, -0.1) is 0 Å². The maximum absolute atomic E-state index is 12.2. The summed E-state index contributed by atoms with van der Waals surface area (Å²) in [5.74, 6) is -1.16. The Bertz CT molecular complexity index is 488. The Labute approximate surface area is 82.8 Å². The number of nitrogens with zero attached hydrogens (tertiary/aromatic N) is 4. The molecule has 2 aromatic heterocycles. The van der Waals surface area contributed by atoms with Crippen LogP contribution in [-0.4, -0.2) is 19.7 Å². The Morgan fingerprint density at radius 3 is 2.73 bits per heavy atom. The first-order valence-corrected chi connectivity index (χ1v) is 4.28. The van der Waals surface area contributed by atoms with E-state index in [1.165, 1.54) is 4.68 Å². The molecule has 0 saturated heterocycles. The summed E-state index contributed by atoms with van der Waals surface area (Å²) in [7, 11) is 0. The summed E-state index contributed by atoms with van der Waals surface area (Å²) >= 11 is 0. The van der Waals surface area contributed by atoms with Gasteiger partial charge >= 0.3 is 6.18 Å². The second-order valence-corrected chi connectivity index (χ2v) is 2.96. The van der Waals surface area contributed by atoms with Crippen molar-refractivity contribution in [1.82, 2.24) is 19.7 Å². The fraction of sp³-hybridized carbons (Fsp3) is 0.375. The quantitative estimate of drug-likeness (QED) is 0.730. The van der Waals surface area contributed by atoms with Crippen molar-refractivity contribution in [3.63, 3.8) is 0 Å². The third kappa shape index (κ3) is 1.77. The standard InChI is InChI=1S/C8H7F3N4/c1-2-15-4-5-3-12-7(8(9,10)11)13-6(5)14-15/h3-4H,2H2,1H3. The lowest BCUT2D eigenvalue weighted by Gasteiger charge is -2.02. The highest BCUT2D eigenvalue weighted by Crippen LogP contribution is 2.26. The predicted octanol–water partition coefficient (Wildman–Crippen LogP) is 1.86. The smallest absolute Gasteiger partial charge is 0.270 e. The number of hydrogen-bond donors (Lipinski definition) is 0. The summed E-state index contributed by atoms with van der Waals surface area (Å²) < 4.78 is 38.2. The van der Waals surface area contributed by atoms with Gasteiger partial charge in [0.2, 0.25) is 5.82 Å². The summed E-state index contributed by atoms with van der Waals surface area (Å²) in [6.07, 6.45) is -1.79. The molecular weight excluding hydrogens is 209 g/mol. The van der Waals surface area contributed by atoms with Crippen molar-refractivity contribution in [2.45, 2.75) is 19.6 Å². The van der Waals surface area contributed by atoms with Gasteiger partial charge < -0.3 is 0 Å². The number of aryl methyl sites for hydroxylation is 1. The molecule has 0 radical (unpaired) electrons. The second kappa shape index (κ2) is 3.18. The van der Waals surface area contributed by atoms with Crippen LogP contribution >= 0.6 is 0 Å². The molecule has 0 spiro atoms. The van der Waals surface area contributed by atoms with Crippen LogP contribution in [-0.2, 0) is 12.7 Å². The molecule has 80 valence electrons. The predicted molar refractivity (Wildman–Crippen MR) is 46.0 cm³/mol. The van der Waals surface area contributed by atoms with Gasteiger partial charge in [-0.3, -0.25) is 4.68 Å². The van der Waals surface area contributed by atoms with E-state index in [-0.39, 0.29) is 5.65 Å². The van der Waals surface area contributed by atoms with Crippen molar-refractivity contribution in [1.29, 1.82) is 0 Å². The highest BCUT2D eigenvalue weighted by molar-refractivity contribution is 5.72. The molecule has 0 amide bonds. The molecule has 7 heteroatoms. The molecule has 0 aromatic carbocycles. The summed E-state index contributed by atoms with van der Waals surface area (Å²) in [6.45, 7) is 2.42. The number of halogens is 3. The average Bonchev–Trinajstić information content (AvgIpc) is 2.57. The van der Waals surface area contributed by atoms with Crippen LogP contribution in [0.1, 0.15) is 12.7 Å². The van der Waals surface area contributed by atoms with E-state index in [0.717, 1.165) is 6.20 Å². The van der Waals surface area contributed by atoms with Crippen LogP contribution in [0.4, 0.5) is 13.2 Å². The summed E-state index contributed by atoms with van der Waals surface area (Å²) in [6, 6.07) is 0. The Balaban J connectivity index is 2.55. The molecule has 0 bridgehead atoms. The normalized spacial score (nSPS) is 12.3. The first-order valence-electron chi connectivity index (χ1n) is 4.28. The summed E-state index contributed by atoms with van der Waals surface area (Å²) in [5.41, 5.74) is 0.0687. The van der Waals surface area contributed by atoms with E-state index in [4.69, 9.17) is 0 Å². The molecule has 0 saturated carbocycles. The Morgan fingerprint density at radius 1 is 1.40 bits per heavy atom. The average molecular weight is 216 g/mol. The van der Waals surface area contributed by atoms with Crippen LogP contribution in [0, 0.1) is 0 Å². The van der Waals surface area contributed by atoms with Gasteiger partial charge in [-0.1, -0.05) is 0 Å². The van der Waals surface area contributed by atoms with Crippen molar-refractivity contribution < 1.29 is 13.2 Å². The fourth-order valence-corrected chi connectivity index (χ4v) is 1.16. The van der Waals surface area contributed by atoms with E-state index >= 15 is 0 Å². The van der Waals surface area contributed by atoms with Gasteiger partial charge in [0.25, 0.3) is 0 Å². The molecule has 2 aromatic rings.